The number of hydrogen-bond donors (Lipinski definition) is 1. The molecule has 3 rings (SSSR count). The SMILES string of the molecule is CCOc1cc(/C=C2/NC(=O)N(Cc3ccccc3F)C2=O)cc(Cl)c1O[C@@H](C)CC. The Morgan fingerprint density at radius 2 is 1.97 bits per heavy atom. The van der Waals surface area contributed by atoms with Crippen LogP contribution in [0.5, 0.6) is 11.5 Å². The quantitative estimate of drug-likeness (QED) is 0.450. The Morgan fingerprint density at radius 3 is 2.65 bits per heavy atom. The molecule has 0 saturated carbocycles. The summed E-state index contributed by atoms with van der Waals surface area (Å²) in [5, 5.41) is 2.86. The highest BCUT2D eigenvalue weighted by atomic mass is 35.5. The van der Waals surface area contributed by atoms with Crippen molar-refractivity contribution in [3.63, 3.8) is 0 Å². The van der Waals surface area contributed by atoms with Crippen LogP contribution in [-0.4, -0.2) is 29.5 Å². The second kappa shape index (κ2) is 9.83. The van der Waals surface area contributed by atoms with Gasteiger partial charge in [0.25, 0.3) is 5.91 Å². The summed E-state index contributed by atoms with van der Waals surface area (Å²) in [4.78, 5) is 26.0. The minimum absolute atomic E-state index is 0.0523. The molecule has 3 amide bonds. The smallest absolute Gasteiger partial charge is 0.329 e. The van der Waals surface area contributed by atoms with Crippen LogP contribution >= 0.6 is 11.6 Å². The molecule has 1 aliphatic rings. The second-order valence-corrected chi connectivity index (χ2v) is 7.48. The molecule has 1 heterocycles. The number of ether oxygens (including phenoxy) is 2. The Balaban J connectivity index is 1.88. The van der Waals surface area contributed by atoms with E-state index in [0.29, 0.717) is 28.7 Å². The maximum atomic E-state index is 13.9. The monoisotopic (exact) mass is 446 g/mol. The lowest BCUT2D eigenvalue weighted by molar-refractivity contribution is -0.123. The van der Waals surface area contributed by atoms with Crippen LogP contribution in [0.1, 0.15) is 38.3 Å². The molecule has 6 nitrogen and oxygen atoms in total. The molecule has 31 heavy (non-hydrogen) atoms. The molecule has 1 atom stereocenters. The summed E-state index contributed by atoms with van der Waals surface area (Å²) < 4.78 is 25.5. The fourth-order valence-electron chi connectivity index (χ4n) is 3.01. The largest absolute Gasteiger partial charge is 0.490 e. The lowest BCUT2D eigenvalue weighted by Gasteiger charge is -2.18. The van der Waals surface area contributed by atoms with Crippen LogP contribution < -0.4 is 14.8 Å². The molecule has 8 heteroatoms. The van der Waals surface area contributed by atoms with Crippen molar-refractivity contribution < 1.29 is 23.5 Å². The Kier molecular flexibility index (Phi) is 7.17. The van der Waals surface area contributed by atoms with Crippen molar-refractivity contribution in [2.45, 2.75) is 39.8 Å². The zero-order valence-electron chi connectivity index (χ0n) is 17.6. The zero-order chi connectivity index (χ0) is 22.5. The highest BCUT2D eigenvalue weighted by Gasteiger charge is 2.34. The van der Waals surface area contributed by atoms with E-state index in [2.05, 4.69) is 5.32 Å². The van der Waals surface area contributed by atoms with Gasteiger partial charge in [-0.2, -0.15) is 0 Å². The van der Waals surface area contributed by atoms with E-state index in [0.717, 1.165) is 11.3 Å². The molecular weight excluding hydrogens is 423 g/mol. The Hall–Kier alpha value is -3.06. The molecule has 0 unspecified atom stereocenters. The normalized spacial score (nSPS) is 15.9. The molecule has 1 aliphatic heterocycles. The predicted molar refractivity (Wildman–Crippen MR) is 116 cm³/mol. The Bertz CT molecular complexity index is 1020. The number of urea groups is 1. The van der Waals surface area contributed by atoms with Crippen LogP contribution in [0.4, 0.5) is 9.18 Å². The number of carbonyl (C=O) groups is 2. The van der Waals surface area contributed by atoms with Gasteiger partial charge in [0.05, 0.1) is 24.3 Å². The fraction of sp³-hybridized carbons (Fsp3) is 0.304. The van der Waals surface area contributed by atoms with Crippen molar-refractivity contribution in [3.8, 4) is 11.5 Å². The standard InChI is InChI=1S/C23H24ClFN2O4/c1-4-14(3)31-21-17(24)10-15(12-20(21)30-5-2)11-19-22(28)27(23(29)26-19)13-16-8-6-7-9-18(16)25/h6-12,14H,4-5,13H2,1-3H3,(H,26,29)/b19-11+/t14-/m0/s1. The molecule has 1 N–H and O–H groups in total. The van der Waals surface area contributed by atoms with Crippen molar-refractivity contribution in [2.24, 2.45) is 0 Å². The summed E-state index contributed by atoms with van der Waals surface area (Å²) >= 11 is 6.42. The number of halogens is 2. The number of rotatable bonds is 8. The number of amides is 3. The molecule has 0 bridgehead atoms. The third kappa shape index (κ3) is 5.17. The Morgan fingerprint density at radius 1 is 1.23 bits per heavy atom. The molecule has 2 aromatic carbocycles. The van der Waals surface area contributed by atoms with E-state index in [-0.39, 0.29) is 23.9 Å². The summed E-state index contributed by atoms with van der Waals surface area (Å²) in [5.41, 5.74) is 0.872. The number of nitrogens with one attached hydrogen (secondary N) is 1. The van der Waals surface area contributed by atoms with Gasteiger partial charge in [-0.1, -0.05) is 36.7 Å². The first kappa shape index (κ1) is 22.6. The van der Waals surface area contributed by atoms with Gasteiger partial charge in [-0.3, -0.25) is 9.69 Å². The van der Waals surface area contributed by atoms with Gasteiger partial charge in [0.1, 0.15) is 11.5 Å². The number of carbonyl (C=O) groups excluding carboxylic acids is 2. The summed E-state index contributed by atoms with van der Waals surface area (Å²) in [6.45, 7) is 6.01. The van der Waals surface area contributed by atoms with Crippen LogP contribution in [0.15, 0.2) is 42.1 Å². The average molecular weight is 447 g/mol. The highest BCUT2D eigenvalue weighted by molar-refractivity contribution is 6.32. The van der Waals surface area contributed by atoms with Crippen LogP contribution in [-0.2, 0) is 11.3 Å². The number of hydrogen-bond acceptors (Lipinski definition) is 4. The van der Waals surface area contributed by atoms with Gasteiger partial charge in [0.15, 0.2) is 11.5 Å². The van der Waals surface area contributed by atoms with Crippen LogP contribution in [0.25, 0.3) is 6.08 Å². The van der Waals surface area contributed by atoms with E-state index in [1.54, 1.807) is 24.3 Å². The summed E-state index contributed by atoms with van der Waals surface area (Å²) in [6.07, 6.45) is 2.25. The maximum absolute atomic E-state index is 13.9. The Labute approximate surface area is 185 Å². The first-order valence-electron chi connectivity index (χ1n) is 10.0. The molecule has 1 saturated heterocycles. The van der Waals surface area contributed by atoms with Gasteiger partial charge < -0.3 is 14.8 Å². The summed E-state index contributed by atoms with van der Waals surface area (Å²) in [7, 11) is 0. The van der Waals surface area contributed by atoms with E-state index in [9.17, 15) is 14.0 Å². The van der Waals surface area contributed by atoms with Crippen LogP contribution in [0.3, 0.4) is 0 Å². The van der Waals surface area contributed by atoms with E-state index in [1.807, 2.05) is 20.8 Å². The van der Waals surface area contributed by atoms with Crippen molar-refractivity contribution in [1.82, 2.24) is 10.2 Å². The van der Waals surface area contributed by atoms with Gasteiger partial charge in [-0.25, -0.2) is 9.18 Å². The van der Waals surface area contributed by atoms with E-state index < -0.39 is 17.8 Å². The fourth-order valence-corrected chi connectivity index (χ4v) is 3.28. The van der Waals surface area contributed by atoms with Gasteiger partial charge in [0, 0.05) is 5.56 Å². The number of imide groups is 1. The molecule has 2 aromatic rings. The molecule has 0 aliphatic carbocycles. The van der Waals surface area contributed by atoms with Gasteiger partial charge in [0.2, 0.25) is 0 Å². The van der Waals surface area contributed by atoms with E-state index in [4.69, 9.17) is 21.1 Å². The van der Waals surface area contributed by atoms with Gasteiger partial charge >= 0.3 is 6.03 Å². The van der Waals surface area contributed by atoms with Crippen molar-refractivity contribution >= 4 is 29.6 Å². The second-order valence-electron chi connectivity index (χ2n) is 7.07. The van der Waals surface area contributed by atoms with Crippen molar-refractivity contribution in [3.05, 3.63) is 64.1 Å². The lowest BCUT2D eigenvalue weighted by Crippen LogP contribution is -2.30. The number of nitrogens with zero attached hydrogens (tertiary/aromatic N) is 1. The minimum Gasteiger partial charge on any atom is -0.490 e. The maximum Gasteiger partial charge on any atom is 0.329 e. The van der Waals surface area contributed by atoms with Crippen LogP contribution in [0, 0.1) is 5.82 Å². The van der Waals surface area contributed by atoms with Crippen molar-refractivity contribution in [1.29, 1.82) is 0 Å². The zero-order valence-corrected chi connectivity index (χ0v) is 18.3. The summed E-state index contributed by atoms with van der Waals surface area (Å²) in [6, 6.07) is 8.71. The van der Waals surface area contributed by atoms with Crippen molar-refractivity contribution in [2.75, 3.05) is 6.61 Å². The molecule has 0 aromatic heterocycles. The first-order valence-corrected chi connectivity index (χ1v) is 10.4. The summed E-state index contributed by atoms with van der Waals surface area (Å²) in [5.74, 6) is -0.155. The first-order chi connectivity index (χ1) is 14.8. The highest BCUT2D eigenvalue weighted by Crippen LogP contribution is 2.38. The van der Waals surface area contributed by atoms with Gasteiger partial charge in [-0.05, 0) is 50.1 Å². The average Bonchev–Trinajstić information content (AvgIpc) is 2.99. The third-order valence-corrected chi connectivity index (χ3v) is 5.07. The topological polar surface area (TPSA) is 67.9 Å². The molecule has 1 fully saturated rings. The molecular formula is C23H24ClFN2O4. The lowest BCUT2D eigenvalue weighted by atomic mass is 10.1. The minimum atomic E-state index is -0.618. The molecule has 0 spiro atoms. The predicted octanol–water partition coefficient (Wildman–Crippen LogP) is 5.15. The van der Waals surface area contributed by atoms with E-state index in [1.165, 1.54) is 18.2 Å². The van der Waals surface area contributed by atoms with E-state index >= 15 is 0 Å². The number of benzene rings is 2. The third-order valence-electron chi connectivity index (χ3n) is 4.79. The molecule has 164 valence electrons. The molecule has 0 radical (unpaired) electrons. The van der Waals surface area contributed by atoms with Crippen LogP contribution in [0.2, 0.25) is 5.02 Å². The van der Waals surface area contributed by atoms with Gasteiger partial charge in [-0.15, -0.1) is 0 Å².